The number of carboxylic acids is 1. The summed E-state index contributed by atoms with van der Waals surface area (Å²) in [5.74, 6) is -0.720. The van der Waals surface area contributed by atoms with Crippen LogP contribution in [0.5, 0.6) is 0 Å². The van der Waals surface area contributed by atoms with Crippen LogP contribution in [0, 0.1) is 0 Å². The molecule has 2 aliphatic heterocycles. The van der Waals surface area contributed by atoms with Crippen LogP contribution in [0.1, 0.15) is 36.0 Å². The minimum atomic E-state index is -0.718. The van der Waals surface area contributed by atoms with Crippen molar-refractivity contribution in [1.82, 2.24) is 20.0 Å². The SMILES string of the molecule is O=C(O)C1CCCN1C1CCN(C(=O)c2cn[nH]c2)CC1. The Hall–Kier alpha value is -1.89. The summed E-state index contributed by atoms with van der Waals surface area (Å²) in [6, 6.07) is -0.0619. The number of aliphatic carboxylic acids is 1. The number of nitrogens with zero attached hydrogens (tertiary/aromatic N) is 3. The zero-order valence-corrected chi connectivity index (χ0v) is 11.9. The van der Waals surface area contributed by atoms with E-state index in [1.807, 2.05) is 4.90 Å². The predicted octanol–water partition coefficient (Wildman–Crippen LogP) is 0.563. The Bertz CT molecular complexity index is 508. The second kappa shape index (κ2) is 5.85. The Balaban J connectivity index is 1.58. The molecule has 0 radical (unpaired) electrons. The zero-order valence-electron chi connectivity index (χ0n) is 11.9. The Morgan fingerprint density at radius 3 is 2.62 bits per heavy atom. The van der Waals surface area contributed by atoms with Crippen LogP contribution in [0.3, 0.4) is 0 Å². The largest absolute Gasteiger partial charge is 0.480 e. The smallest absolute Gasteiger partial charge is 0.320 e. The van der Waals surface area contributed by atoms with Crippen molar-refractivity contribution < 1.29 is 14.7 Å². The summed E-state index contributed by atoms with van der Waals surface area (Å²) in [5, 5.41) is 15.7. The van der Waals surface area contributed by atoms with Crippen molar-refractivity contribution in [2.24, 2.45) is 0 Å². The molecule has 0 aromatic carbocycles. The van der Waals surface area contributed by atoms with E-state index in [9.17, 15) is 14.7 Å². The van der Waals surface area contributed by atoms with Gasteiger partial charge in [-0.1, -0.05) is 0 Å². The lowest BCUT2D eigenvalue weighted by atomic mass is 10.0. The number of rotatable bonds is 3. The number of hydrogen-bond acceptors (Lipinski definition) is 4. The lowest BCUT2D eigenvalue weighted by molar-refractivity contribution is -0.143. The first-order valence-corrected chi connectivity index (χ1v) is 7.43. The maximum atomic E-state index is 12.2. The van der Waals surface area contributed by atoms with Gasteiger partial charge in [0.2, 0.25) is 0 Å². The molecule has 114 valence electrons. The molecule has 0 spiro atoms. The number of carbonyl (C=O) groups is 2. The van der Waals surface area contributed by atoms with Gasteiger partial charge in [0.15, 0.2) is 0 Å². The van der Waals surface area contributed by atoms with Gasteiger partial charge >= 0.3 is 5.97 Å². The third kappa shape index (κ3) is 2.78. The van der Waals surface area contributed by atoms with E-state index >= 15 is 0 Å². The minimum absolute atomic E-state index is 0.00148. The molecule has 1 aromatic rings. The van der Waals surface area contributed by atoms with Crippen LogP contribution in [-0.4, -0.2) is 68.7 Å². The van der Waals surface area contributed by atoms with Crippen molar-refractivity contribution in [2.45, 2.75) is 37.8 Å². The van der Waals surface area contributed by atoms with Gasteiger partial charge in [-0.25, -0.2) is 0 Å². The fourth-order valence-corrected chi connectivity index (χ4v) is 3.44. The van der Waals surface area contributed by atoms with E-state index in [0.717, 1.165) is 32.2 Å². The van der Waals surface area contributed by atoms with Crippen molar-refractivity contribution in [3.05, 3.63) is 18.0 Å². The van der Waals surface area contributed by atoms with Crippen LogP contribution in [0.2, 0.25) is 0 Å². The van der Waals surface area contributed by atoms with E-state index in [2.05, 4.69) is 15.1 Å². The van der Waals surface area contributed by atoms with Gasteiger partial charge < -0.3 is 10.0 Å². The van der Waals surface area contributed by atoms with E-state index in [0.29, 0.717) is 18.7 Å². The van der Waals surface area contributed by atoms with Crippen LogP contribution < -0.4 is 0 Å². The number of aromatic nitrogens is 2. The topological polar surface area (TPSA) is 89.5 Å². The van der Waals surface area contributed by atoms with Gasteiger partial charge in [0.05, 0.1) is 11.8 Å². The Kier molecular flexibility index (Phi) is 3.92. The third-order valence-electron chi connectivity index (χ3n) is 4.55. The summed E-state index contributed by atoms with van der Waals surface area (Å²) in [4.78, 5) is 27.4. The number of H-pyrrole nitrogens is 1. The zero-order chi connectivity index (χ0) is 14.8. The average molecular weight is 292 g/mol. The fourth-order valence-electron chi connectivity index (χ4n) is 3.44. The maximum Gasteiger partial charge on any atom is 0.320 e. The van der Waals surface area contributed by atoms with Crippen molar-refractivity contribution in [3.8, 4) is 0 Å². The Morgan fingerprint density at radius 1 is 1.24 bits per heavy atom. The van der Waals surface area contributed by atoms with Crippen molar-refractivity contribution in [1.29, 1.82) is 0 Å². The van der Waals surface area contributed by atoms with Crippen LogP contribution >= 0.6 is 0 Å². The molecule has 2 aliphatic rings. The summed E-state index contributed by atoms with van der Waals surface area (Å²) >= 11 is 0. The summed E-state index contributed by atoms with van der Waals surface area (Å²) in [6.07, 6.45) is 6.51. The van der Waals surface area contributed by atoms with Gasteiger partial charge in [-0.2, -0.15) is 5.10 Å². The first-order valence-electron chi connectivity index (χ1n) is 7.43. The summed E-state index contributed by atoms with van der Waals surface area (Å²) in [6.45, 7) is 2.21. The highest BCUT2D eigenvalue weighted by Gasteiger charge is 2.37. The number of likely N-dealkylation sites (tertiary alicyclic amines) is 2. The Labute approximate surface area is 122 Å². The van der Waals surface area contributed by atoms with Crippen LogP contribution in [0.15, 0.2) is 12.4 Å². The van der Waals surface area contributed by atoms with Crippen LogP contribution in [0.4, 0.5) is 0 Å². The molecule has 0 bridgehead atoms. The molecule has 0 aliphatic carbocycles. The molecule has 2 fully saturated rings. The third-order valence-corrected chi connectivity index (χ3v) is 4.55. The molecule has 3 rings (SSSR count). The van der Waals surface area contributed by atoms with Gasteiger partial charge in [0.25, 0.3) is 5.91 Å². The molecule has 1 unspecified atom stereocenters. The summed E-state index contributed by atoms with van der Waals surface area (Å²) in [5.41, 5.74) is 0.582. The molecule has 0 saturated carbocycles. The number of aromatic amines is 1. The van der Waals surface area contributed by atoms with Crippen molar-refractivity contribution >= 4 is 11.9 Å². The molecule has 7 nitrogen and oxygen atoms in total. The van der Waals surface area contributed by atoms with Gasteiger partial charge in [-0.3, -0.25) is 19.6 Å². The molecule has 1 aromatic heterocycles. The monoisotopic (exact) mass is 292 g/mol. The summed E-state index contributed by atoms with van der Waals surface area (Å²) < 4.78 is 0. The molecule has 1 amide bonds. The molecule has 7 heteroatoms. The first kappa shape index (κ1) is 14.1. The first-order chi connectivity index (χ1) is 10.2. The molecule has 1 atom stereocenters. The molecular weight excluding hydrogens is 272 g/mol. The Morgan fingerprint density at radius 2 is 2.00 bits per heavy atom. The quantitative estimate of drug-likeness (QED) is 0.850. The second-order valence-electron chi connectivity index (χ2n) is 5.74. The van der Waals surface area contributed by atoms with Gasteiger partial charge in [-0.15, -0.1) is 0 Å². The fraction of sp³-hybridized carbons (Fsp3) is 0.643. The normalized spacial score (nSPS) is 24.4. The highest BCUT2D eigenvalue weighted by atomic mass is 16.4. The number of nitrogens with one attached hydrogen (secondary N) is 1. The minimum Gasteiger partial charge on any atom is -0.480 e. The molecule has 2 saturated heterocycles. The highest BCUT2D eigenvalue weighted by Crippen LogP contribution is 2.26. The van der Waals surface area contributed by atoms with E-state index in [-0.39, 0.29) is 18.0 Å². The van der Waals surface area contributed by atoms with Crippen molar-refractivity contribution in [2.75, 3.05) is 19.6 Å². The number of hydrogen-bond donors (Lipinski definition) is 2. The van der Waals surface area contributed by atoms with E-state index in [1.54, 1.807) is 6.20 Å². The van der Waals surface area contributed by atoms with Gasteiger partial charge in [0, 0.05) is 25.3 Å². The highest BCUT2D eigenvalue weighted by molar-refractivity contribution is 5.93. The molecular formula is C14H20N4O3. The van der Waals surface area contributed by atoms with Crippen LogP contribution in [-0.2, 0) is 4.79 Å². The standard InChI is InChI=1S/C14H20N4O3/c19-13(10-8-15-16-9-10)17-6-3-11(4-7-17)18-5-1-2-12(18)14(20)21/h8-9,11-12H,1-7H2,(H,15,16)(H,20,21). The maximum absolute atomic E-state index is 12.2. The average Bonchev–Trinajstić information content (AvgIpc) is 3.18. The van der Waals surface area contributed by atoms with Crippen LogP contribution in [0.25, 0.3) is 0 Å². The number of piperidine rings is 1. The van der Waals surface area contributed by atoms with E-state index in [1.165, 1.54) is 6.20 Å². The second-order valence-corrected chi connectivity index (χ2v) is 5.74. The lowest BCUT2D eigenvalue weighted by Crippen LogP contribution is -2.49. The molecule has 2 N–H and O–H groups in total. The summed E-state index contributed by atoms with van der Waals surface area (Å²) in [7, 11) is 0. The lowest BCUT2D eigenvalue weighted by Gasteiger charge is -2.38. The number of amides is 1. The van der Waals surface area contributed by atoms with Gasteiger partial charge in [0.1, 0.15) is 6.04 Å². The van der Waals surface area contributed by atoms with E-state index < -0.39 is 5.97 Å². The number of carboxylic acid groups (broad SMARTS) is 1. The van der Waals surface area contributed by atoms with Gasteiger partial charge in [-0.05, 0) is 32.2 Å². The predicted molar refractivity (Wildman–Crippen MR) is 74.9 cm³/mol. The molecule has 3 heterocycles. The van der Waals surface area contributed by atoms with E-state index in [4.69, 9.17) is 0 Å². The molecule has 21 heavy (non-hydrogen) atoms. The number of carbonyl (C=O) groups excluding carboxylic acids is 1. The van der Waals surface area contributed by atoms with Crippen molar-refractivity contribution in [3.63, 3.8) is 0 Å².